The summed E-state index contributed by atoms with van der Waals surface area (Å²) in [6.07, 6.45) is 0. The lowest BCUT2D eigenvalue weighted by Gasteiger charge is -2.26. The van der Waals surface area contributed by atoms with Crippen LogP contribution in [0.1, 0.15) is 0 Å². The molecule has 0 saturated carbocycles. The van der Waals surface area contributed by atoms with Crippen molar-refractivity contribution in [3.8, 4) is 44.0 Å². The van der Waals surface area contributed by atoms with Gasteiger partial charge in [0.05, 0.1) is 10.2 Å². The van der Waals surface area contributed by atoms with Gasteiger partial charge in [0.2, 0.25) is 0 Å². The first-order valence-corrected chi connectivity index (χ1v) is 19.4. The van der Waals surface area contributed by atoms with Gasteiger partial charge in [-0.3, -0.25) is 0 Å². The Bertz CT molecular complexity index is 2840. The van der Waals surface area contributed by atoms with Crippen molar-refractivity contribution < 1.29 is 0 Å². The summed E-state index contributed by atoms with van der Waals surface area (Å²) in [7, 11) is 0. The van der Waals surface area contributed by atoms with Crippen molar-refractivity contribution in [3.05, 3.63) is 194 Å². The highest BCUT2D eigenvalue weighted by atomic mass is 32.1. The minimum Gasteiger partial charge on any atom is -0.310 e. The summed E-state index contributed by atoms with van der Waals surface area (Å²) in [6.45, 7) is 0. The van der Waals surface area contributed by atoms with Gasteiger partial charge in [-0.15, -0.1) is 22.7 Å². The molecule has 0 aliphatic carbocycles. The lowest BCUT2D eigenvalue weighted by Crippen LogP contribution is -2.09. The number of hydrogen-bond donors (Lipinski definition) is 0. The van der Waals surface area contributed by atoms with Crippen LogP contribution in [-0.2, 0) is 0 Å². The minimum absolute atomic E-state index is 1.05. The topological polar surface area (TPSA) is 16.1 Å². The van der Waals surface area contributed by atoms with Crippen LogP contribution in [0.2, 0.25) is 0 Å². The molecular formula is C49H32N2S2. The maximum Gasteiger partial charge on any atom is 0.124 e. The van der Waals surface area contributed by atoms with Gasteiger partial charge in [0, 0.05) is 42.8 Å². The molecule has 0 saturated heterocycles. The molecule has 250 valence electrons. The fourth-order valence-electron chi connectivity index (χ4n) is 7.20. The second kappa shape index (κ2) is 13.3. The Balaban J connectivity index is 1.05. The smallest absolute Gasteiger partial charge is 0.124 e. The molecule has 0 radical (unpaired) electrons. The summed E-state index contributed by atoms with van der Waals surface area (Å²) < 4.78 is 3.78. The van der Waals surface area contributed by atoms with E-state index in [0.29, 0.717) is 0 Å². The van der Waals surface area contributed by atoms with E-state index in [1.807, 2.05) is 11.3 Å². The molecule has 0 N–H and O–H groups in total. The van der Waals surface area contributed by atoms with Gasteiger partial charge in [-0.1, -0.05) is 140 Å². The van der Waals surface area contributed by atoms with Crippen LogP contribution in [0.5, 0.6) is 0 Å². The number of thiazole rings is 1. The zero-order valence-electron chi connectivity index (χ0n) is 28.7. The molecule has 8 aromatic carbocycles. The van der Waals surface area contributed by atoms with Crippen molar-refractivity contribution in [2.75, 3.05) is 4.90 Å². The molecule has 53 heavy (non-hydrogen) atoms. The average Bonchev–Trinajstić information content (AvgIpc) is 3.82. The largest absolute Gasteiger partial charge is 0.310 e. The van der Waals surface area contributed by atoms with E-state index in [4.69, 9.17) is 4.98 Å². The average molecular weight is 713 g/mol. The third kappa shape index (κ3) is 5.98. The van der Waals surface area contributed by atoms with Crippen LogP contribution in [0.25, 0.3) is 74.3 Å². The number of nitrogens with zero attached hydrogens (tertiary/aromatic N) is 2. The Morgan fingerprint density at radius 3 is 1.28 bits per heavy atom. The van der Waals surface area contributed by atoms with Crippen molar-refractivity contribution in [2.24, 2.45) is 0 Å². The van der Waals surface area contributed by atoms with Crippen molar-refractivity contribution >= 4 is 70.1 Å². The summed E-state index contributed by atoms with van der Waals surface area (Å²) in [6, 6.07) is 69.8. The molecule has 0 aliphatic heterocycles. The molecule has 10 aromatic rings. The molecule has 0 atom stereocenters. The van der Waals surface area contributed by atoms with Crippen LogP contribution in [-0.4, -0.2) is 4.98 Å². The third-order valence-electron chi connectivity index (χ3n) is 9.93. The van der Waals surface area contributed by atoms with E-state index < -0.39 is 0 Å². The van der Waals surface area contributed by atoms with Crippen LogP contribution in [0.3, 0.4) is 0 Å². The molecule has 4 heteroatoms. The second-order valence-corrected chi connectivity index (χ2v) is 15.3. The van der Waals surface area contributed by atoms with E-state index in [2.05, 4.69) is 199 Å². The summed E-state index contributed by atoms with van der Waals surface area (Å²) in [4.78, 5) is 7.44. The number of rotatable bonds is 7. The molecule has 0 spiro atoms. The first-order chi connectivity index (χ1) is 26.2. The number of thiophene rings is 1. The standard InChI is InChI=1S/C49H32N2S2/c1-4-10-33(11-5-1)35-16-18-36(19-17-35)38-22-26-41(27-23-38)51(40-24-20-37(21-25-40)34-12-6-2-7-13-34)42-28-29-46-43(30-42)44-31-45-48(32-47(44)52-46)53-49(50-45)39-14-8-3-9-15-39/h1-32H. The Kier molecular flexibility index (Phi) is 7.90. The molecule has 2 aromatic heterocycles. The highest BCUT2D eigenvalue weighted by Crippen LogP contribution is 2.43. The fourth-order valence-corrected chi connectivity index (χ4v) is 9.37. The van der Waals surface area contributed by atoms with Gasteiger partial charge in [0.15, 0.2) is 0 Å². The van der Waals surface area contributed by atoms with Gasteiger partial charge in [-0.05, 0) is 88.0 Å². The van der Waals surface area contributed by atoms with Crippen LogP contribution in [0.15, 0.2) is 194 Å². The lowest BCUT2D eigenvalue weighted by atomic mass is 10.00. The number of aromatic nitrogens is 1. The predicted molar refractivity (Wildman–Crippen MR) is 229 cm³/mol. The van der Waals surface area contributed by atoms with E-state index in [9.17, 15) is 0 Å². The van der Waals surface area contributed by atoms with E-state index in [-0.39, 0.29) is 0 Å². The molecule has 0 unspecified atom stereocenters. The van der Waals surface area contributed by atoms with Crippen molar-refractivity contribution in [1.82, 2.24) is 4.98 Å². The molecule has 0 fully saturated rings. The molecule has 0 aliphatic rings. The quantitative estimate of drug-likeness (QED) is 0.164. The maximum absolute atomic E-state index is 5.07. The first kappa shape index (κ1) is 31.4. The third-order valence-corrected chi connectivity index (χ3v) is 12.1. The second-order valence-electron chi connectivity index (χ2n) is 13.2. The monoisotopic (exact) mass is 712 g/mol. The molecular weight excluding hydrogens is 681 g/mol. The van der Waals surface area contributed by atoms with Crippen LogP contribution in [0.4, 0.5) is 17.1 Å². The van der Waals surface area contributed by atoms with E-state index >= 15 is 0 Å². The zero-order valence-corrected chi connectivity index (χ0v) is 30.3. The zero-order chi connectivity index (χ0) is 35.1. The predicted octanol–water partition coefficient (Wildman–Crippen LogP) is 14.8. The maximum atomic E-state index is 5.07. The molecule has 0 bridgehead atoms. The summed E-state index contributed by atoms with van der Waals surface area (Å²) in [5, 5.41) is 3.56. The molecule has 2 nitrogen and oxygen atoms in total. The normalized spacial score (nSPS) is 11.4. The molecule has 2 heterocycles. The van der Waals surface area contributed by atoms with Gasteiger partial charge in [0.25, 0.3) is 0 Å². The fraction of sp³-hybridized carbons (Fsp3) is 0. The Morgan fingerprint density at radius 1 is 0.321 bits per heavy atom. The SMILES string of the molecule is c1ccc(-c2ccc(-c3ccc(N(c4ccc(-c5ccccc5)cc4)c4ccc5sc6cc7sc(-c8ccccc8)nc7cc6c5c4)cc3)cc2)cc1. The molecule has 10 rings (SSSR count). The molecule has 0 amide bonds. The first-order valence-electron chi connectivity index (χ1n) is 17.8. The number of fused-ring (bicyclic) bond motifs is 4. The van der Waals surface area contributed by atoms with Gasteiger partial charge in [-0.25, -0.2) is 4.98 Å². The van der Waals surface area contributed by atoms with Gasteiger partial charge >= 0.3 is 0 Å². The number of anilines is 3. The van der Waals surface area contributed by atoms with Crippen LogP contribution < -0.4 is 4.90 Å². The van der Waals surface area contributed by atoms with Crippen molar-refractivity contribution in [3.63, 3.8) is 0 Å². The van der Waals surface area contributed by atoms with E-state index in [1.54, 1.807) is 11.3 Å². The highest BCUT2D eigenvalue weighted by molar-refractivity contribution is 7.26. The van der Waals surface area contributed by atoms with Gasteiger partial charge in [0.1, 0.15) is 5.01 Å². The Hall–Kier alpha value is -6.33. The number of hydrogen-bond acceptors (Lipinski definition) is 4. The van der Waals surface area contributed by atoms with Crippen LogP contribution in [0, 0.1) is 0 Å². The van der Waals surface area contributed by atoms with Crippen LogP contribution >= 0.6 is 22.7 Å². The Morgan fingerprint density at radius 2 is 0.755 bits per heavy atom. The summed E-state index contributed by atoms with van der Waals surface area (Å²) >= 11 is 3.62. The lowest BCUT2D eigenvalue weighted by molar-refractivity contribution is 1.29. The van der Waals surface area contributed by atoms with Crippen molar-refractivity contribution in [1.29, 1.82) is 0 Å². The summed E-state index contributed by atoms with van der Waals surface area (Å²) in [5.41, 5.74) is 12.8. The van der Waals surface area contributed by atoms with Crippen molar-refractivity contribution in [2.45, 2.75) is 0 Å². The summed E-state index contributed by atoms with van der Waals surface area (Å²) in [5.74, 6) is 0. The Labute approximate surface area is 316 Å². The highest BCUT2D eigenvalue weighted by Gasteiger charge is 2.17. The number of benzene rings is 8. The van der Waals surface area contributed by atoms with E-state index in [1.165, 1.54) is 58.3 Å². The van der Waals surface area contributed by atoms with Gasteiger partial charge < -0.3 is 4.90 Å². The minimum atomic E-state index is 1.05. The van der Waals surface area contributed by atoms with E-state index in [0.717, 1.165) is 33.1 Å². The van der Waals surface area contributed by atoms with Gasteiger partial charge in [-0.2, -0.15) is 0 Å².